The van der Waals surface area contributed by atoms with Gasteiger partial charge >= 0.3 is 0 Å². The third kappa shape index (κ3) is 3.74. The molecule has 1 atom stereocenters. The Bertz CT molecular complexity index is 634. The van der Waals surface area contributed by atoms with E-state index in [-0.39, 0.29) is 17.0 Å². The average Bonchev–Trinajstić information content (AvgIpc) is 2.28. The predicted octanol–water partition coefficient (Wildman–Crippen LogP) is 1.48. The molecule has 0 aliphatic carbocycles. The van der Waals surface area contributed by atoms with Gasteiger partial charge in [-0.1, -0.05) is 6.07 Å². The summed E-state index contributed by atoms with van der Waals surface area (Å²) in [5, 5.41) is 19.2. The molecule has 0 spiro atoms. The fourth-order valence-corrected chi connectivity index (χ4v) is 3.01. The molecular weight excluding hydrogens is 270 g/mol. The summed E-state index contributed by atoms with van der Waals surface area (Å²) >= 11 is 0. The van der Waals surface area contributed by atoms with Crippen molar-refractivity contribution in [1.82, 2.24) is 4.72 Å². The van der Waals surface area contributed by atoms with Gasteiger partial charge in [-0.05, 0) is 19.4 Å². The molecule has 1 aromatic carbocycles. The summed E-state index contributed by atoms with van der Waals surface area (Å²) in [6.45, 7) is 3.10. The zero-order chi connectivity index (χ0) is 14.6. The number of rotatable bonds is 5. The van der Waals surface area contributed by atoms with E-state index >= 15 is 0 Å². The van der Waals surface area contributed by atoms with Crippen LogP contribution in [0.1, 0.15) is 18.9 Å². The first kappa shape index (κ1) is 15.1. The number of benzene rings is 1. The molecule has 0 aliphatic rings. The van der Waals surface area contributed by atoms with Crippen molar-refractivity contribution < 1.29 is 13.3 Å². The number of sulfonamides is 1. The van der Waals surface area contributed by atoms with Gasteiger partial charge in [0, 0.05) is 18.2 Å². The first-order valence-corrected chi connectivity index (χ1v) is 6.90. The molecule has 0 aliphatic heterocycles. The molecule has 7 nitrogen and oxygen atoms in total. The number of hydrogen-bond donors (Lipinski definition) is 1. The van der Waals surface area contributed by atoms with E-state index in [2.05, 4.69) is 4.72 Å². The van der Waals surface area contributed by atoms with Gasteiger partial charge < -0.3 is 0 Å². The number of nitro groups is 1. The van der Waals surface area contributed by atoms with Crippen LogP contribution >= 0.6 is 0 Å². The zero-order valence-electron chi connectivity index (χ0n) is 10.5. The highest BCUT2D eigenvalue weighted by molar-refractivity contribution is 7.89. The molecule has 0 aromatic heterocycles. The van der Waals surface area contributed by atoms with E-state index in [0.717, 1.165) is 6.07 Å². The van der Waals surface area contributed by atoms with Crippen molar-refractivity contribution in [3.63, 3.8) is 0 Å². The monoisotopic (exact) mass is 283 g/mol. The van der Waals surface area contributed by atoms with Crippen LogP contribution in [0.5, 0.6) is 0 Å². The number of hydrogen-bond acceptors (Lipinski definition) is 5. The Morgan fingerprint density at radius 3 is 2.68 bits per heavy atom. The lowest BCUT2D eigenvalue weighted by molar-refractivity contribution is -0.385. The van der Waals surface area contributed by atoms with Gasteiger partial charge in [0.1, 0.15) is 0 Å². The molecule has 0 amide bonds. The van der Waals surface area contributed by atoms with Crippen LogP contribution in [0.25, 0.3) is 0 Å². The molecule has 19 heavy (non-hydrogen) atoms. The van der Waals surface area contributed by atoms with Gasteiger partial charge in [0.2, 0.25) is 10.0 Å². The van der Waals surface area contributed by atoms with E-state index in [4.69, 9.17) is 5.26 Å². The standard InChI is InChI=1S/C11H13N3O4S/c1-8-3-4-10(14(15)16)7-11(8)19(17,18)13-9(2)5-6-12/h3-4,7,9,13H,5H2,1-2H3. The van der Waals surface area contributed by atoms with Gasteiger partial charge in [0.15, 0.2) is 0 Å². The highest BCUT2D eigenvalue weighted by atomic mass is 32.2. The molecule has 0 heterocycles. The van der Waals surface area contributed by atoms with Crippen LogP contribution in [0, 0.1) is 28.4 Å². The second kappa shape index (κ2) is 5.77. The van der Waals surface area contributed by atoms with Gasteiger partial charge in [0.05, 0.1) is 22.3 Å². The molecule has 8 heteroatoms. The van der Waals surface area contributed by atoms with Crippen LogP contribution in [0.2, 0.25) is 0 Å². The van der Waals surface area contributed by atoms with Crippen LogP contribution in [-0.4, -0.2) is 19.4 Å². The summed E-state index contributed by atoms with van der Waals surface area (Å²) in [7, 11) is -3.87. The van der Waals surface area contributed by atoms with Crippen molar-refractivity contribution in [2.45, 2.75) is 31.2 Å². The Hall–Kier alpha value is -1.98. The molecule has 0 radical (unpaired) electrons. The summed E-state index contributed by atoms with van der Waals surface area (Å²) in [4.78, 5) is 9.86. The average molecular weight is 283 g/mol. The van der Waals surface area contributed by atoms with Crippen molar-refractivity contribution in [2.75, 3.05) is 0 Å². The van der Waals surface area contributed by atoms with E-state index in [1.165, 1.54) is 12.1 Å². The first-order valence-electron chi connectivity index (χ1n) is 5.42. The van der Waals surface area contributed by atoms with E-state index in [0.29, 0.717) is 5.56 Å². The van der Waals surface area contributed by atoms with Gasteiger partial charge in [-0.3, -0.25) is 10.1 Å². The van der Waals surface area contributed by atoms with Crippen molar-refractivity contribution in [3.8, 4) is 6.07 Å². The summed E-state index contributed by atoms with van der Waals surface area (Å²) < 4.78 is 26.4. The van der Waals surface area contributed by atoms with Gasteiger partial charge in [0.25, 0.3) is 5.69 Å². The zero-order valence-corrected chi connectivity index (χ0v) is 11.3. The predicted molar refractivity (Wildman–Crippen MR) is 67.8 cm³/mol. The van der Waals surface area contributed by atoms with E-state index in [1.807, 2.05) is 6.07 Å². The summed E-state index contributed by atoms with van der Waals surface area (Å²) in [6.07, 6.45) is 0.0210. The lowest BCUT2D eigenvalue weighted by Crippen LogP contribution is -2.32. The van der Waals surface area contributed by atoms with Crippen LogP contribution < -0.4 is 4.72 Å². The Kier molecular flexibility index (Phi) is 4.58. The smallest absolute Gasteiger partial charge is 0.258 e. The molecule has 1 N–H and O–H groups in total. The molecule has 1 aromatic rings. The first-order chi connectivity index (χ1) is 8.77. The van der Waals surface area contributed by atoms with E-state index in [1.54, 1.807) is 13.8 Å². The quantitative estimate of drug-likeness (QED) is 0.649. The van der Waals surface area contributed by atoms with Crippen molar-refractivity contribution in [1.29, 1.82) is 5.26 Å². The second-order valence-corrected chi connectivity index (χ2v) is 5.77. The Balaban J connectivity index is 3.18. The molecule has 0 saturated carbocycles. The summed E-state index contributed by atoms with van der Waals surface area (Å²) in [6, 6.07) is 4.92. The molecule has 0 saturated heterocycles. The van der Waals surface area contributed by atoms with Crippen LogP contribution in [-0.2, 0) is 10.0 Å². The number of nitriles is 1. The highest BCUT2D eigenvalue weighted by Gasteiger charge is 2.22. The normalized spacial score (nSPS) is 12.7. The highest BCUT2D eigenvalue weighted by Crippen LogP contribution is 2.21. The largest absolute Gasteiger partial charge is 0.270 e. The van der Waals surface area contributed by atoms with E-state index in [9.17, 15) is 18.5 Å². The third-order valence-corrected chi connectivity index (χ3v) is 4.16. The number of nitrogens with one attached hydrogen (secondary N) is 1. The SMILES string of the molecule is Cc1ccc([N+](=O)[O-])cc1S(=O)(=O)NC(C)CC#N. The Labute approximate surface area is 111 Å². The third-order valence-electron chi connectivity index (χ3n) is 2.43. The van der Waals surface area contributed by atoms with E-state index < -0.39 is 21.0 Å². The van der Waals surface area contributed by atoms with Gasteiger partial charge in [-0.15, -0.1) is 0 Å². The van der Waals surface area contributed by atoms with Crippen LogP contribution in [0.4, 0.5) is 5.69 Å². The lowest BCUT2D eigenvalue weighted by Gasteiger charge is -2.12. The minimum Gasteiger partial charge on any atom is -0.258 e. The molecule has 1 rings (SSSR count). The maximum Gasteiger partial charge on any atom is 0.270 e. The number of non-ortho nitro benzene ring substituents is 1. The summed E-state index contributed by atoms with van der Waals surface area (Å²) in [5.41, 5.74) is 0.112. The maximum atomic E-state index is 12.1. The van der Waals surface area contributed by atoms with Crippen LogP contribution in [0.15, 0.2) is 23.1 Å². The number of aryl methyl sites for hydroxylation is 1. The minimum absolute atomic E-state index is 0.0210. The minimum atomic E-state index is -3.87. The van der Waals surface area contributed by atoms with Crippen molar-refractivity contribution >= 4 is 15.7 Å². The molecule has 102 valence electrons. The molecule has 1 unspecified atom stereocenters. The Morgan fingerprint density at radius 1 is 1.53 bits per heavy atom. The molecule has 0 fully saturated rings. The fourth-order valence-electron chi connectivity index (χ4n) is 1.50. The fraction of sp³-hybridized carbons (Fsp3) is 0.364. The number of nitrogens with zero attached hydrogens (tertiary/aromatic N) is 2. The maximum absolute atomic E-state index is 12.1. The van der Waals surface area contributed by atoms with Crippen molar-refractivity contribution in [2.24, 2.45) is 0 Å². The molecular formula is C11H13N3O4S. The number of nitro benzene ring substituents is 1. The van der Waals surface area contributed by atoms with Crippen LogP contribution in [0.3, 0.4) is 0 Å². The Morgan fingerprint density at radius 2 is 2.16 bits per heavy atom. The van der Waals surface area contributed by atoms with Crippen molar-refractivity contribution in [3.05, 3.63) is 33.9 Å². The van der Waals surface area contributed by atoms with Gasteiger partial charge in [-0.2, -0.15) is 5.26 Å². The lowest BCUT2D eigenvalue weighted by atomic mass is 10.2. The summed E-state index contributed by atoms with van der Waals surface area (Å²) in [5.74, 6) is 0. The molecule has 0 bridgehead atoms. The van der Waals surface area contributed by atoms with Gasteiger partial charge in [-0.25, -0.2) is 13.1 Å². The topological polar surface area (TPSA) is 113 Å². The second-order valence-electron chi connectivity index (χ2n) is 4.09.